The number of piperazine rings is 1. The van der Waals surface area contributed by atoms with Crippen molar-refractivity contribution in [1.82, 2.24) is 14.8 Å². The van der Waals surface area contributed by atoms with Gasteiger partial charge in [0, 0.05) is 50.8 Å². The van der Waals surface area contributed by atoms with E-state index < -0.39 is 0 Å². The lowest BCUT2D eigenvalue weighted by Crippen LogP contribution is -2.49. The van der Waals surface area contributed by atoms with Gasteiger partial charge in [0.05, 0.1) is 0 Å². The first-order valence-electron chi connectivity index (χ1n) is 9.19. The van der Waals surface area contributed by atoms with Crippen LogP contribution >= 0.6 is 0 Å². The summed E-state index contributed by atoms with van der Waals surface area (Å²) in [5.41, 5.74) is 3.44. The first kappa shape index (κ1) is 18.4. The SMILES string of the molecule is CC(C)(C)c1ccc(NC(=O)N2CCN(Cc3cccnc3)CC2)cc1. The number of carbonyl (C=O) groups excluding carboxylic acids is 1. The zero-order chi connectivity index (χ0) is 18.6. The van der Waals surface area contributed by atoms with E-state index in [2.05, 4.69) is 54.2 Å². The second-order valence-corrected chi connectivity index (χ2v) is 7.88. The fraction of sp³-hybridized carbons (Fsp3) is 0.429. The van der Waals surface area contributed by atoms with Gasteiger partial charge in [0.15, 0.2) is 0 Å². The summed E-state index contributed by atoms with van der Waals surface area (Å²) in [6.07, 6.45) is 3.69. The maximum atomic E-state index is 12.5. The molecule has 1 aromatic heterocycles. The number of pyridine rings is 1. The number of hydrogen-bond acceptors (Lipinski definition) is 3. The summed E-state index contributed by atoms with van der Waals surface area (Å²) in [5.74, 6) is 0. The van der Waals surface area contributed by atoms with E-state index in [0.717, 1.165) is 38.4 Å². The van der Waals surface area contributed by atoms with Gasteiger partial charge >= 0.3 is 6.03 Å². The molecule has 0 spiro atoms. The smallest absolute Gasteiger partial charge is 0.321 e. The molecule has 3 rings (SSSR count). The van der Waals surface area contributed by atoms with Crippen molar-refractivity contribution >= 4 is 11.7 Å². The van der Waals surface area contributed by atoms with E-state index in [4.69, 9.17) is 0 Å². The molecule has 0 saturated carbocycles. The Morgan fingerprint density at radius 2 is 1.77 bits per heavy atom. The predicted octanol–water partition coefficient (Wildman–Crippen LogP) is 3.73. The van der Waals surface area contributed by atoms with Gasteiger partial charge in [-0.25, -0.2) is 4.79 Å². The molecule has 1 saturated heterocycles. The Bertz CT molecular complexity index is 714. The Morgan fingerprint density at radius 1 is 1.08 bits per heavy atom. The molecule has 0 aliphatic carbocycles. The van der Waals surface area contributed by atoms with Gasteiger partial charge in [0.2, 0.25) is 0 Å². The van der Waals surface area contributed by atoms with Crippen molar-refractivity contribution < 1.29 is 4.79 Å². The largest absolute Gasteiger partial charge is 0.322 e. The van der Waals surface area contributed by atoms with Gasteiger partial charge in [0.25, 0.3) is 0 Å². The van der Waals surface area contributed by atoms with Crippen LogP contribution in [0.15, 0.2) is 48.8 Å². The zero-order valence-corrected chi connectivity index (χ0v) is 15.9. The molecule has 0 radical (unpaired) electrons. The molecule has 1 N–H and O–H groups in total. The Kier molecular flexibility index (Phi) is 5.57. The van der Waals surface area contributed by atoms with E-state index in [1.54, 1.807) is 6.20 Å². The number of benzene rings is 1. The summed E-state index contributed by atoms with van der Waals surface area (Å²) >= 11 is 0. The number of hydrogen-bond donors (Lipinski definition) is 1. The molecular weight excluding hydrogens is 324 g/mol. The van der Waals surface area contributed by atoms with Crippen molar-refractivity contribution in [2.24, 2.45) is 0 Å². The predicted molar refractivity (Wildman–Crippen MR) is 105 cm³/mol. The first-order chi connectivity index (χ1) is 12.4. The van der Waals surface area contributed by atoms with Crippen LogP contribution in [-0.2, 0) is 12.0 Å². The van der Waals surface area contributed by atoms with Crippen LogP contribution < -0.4 is 5.32 Å². The third-order valence-corrected chi connectivity index (χ3v) is 4.79. The number of amides is 2. The van der Waals surface area contributed by atoms with Gasteiger partial charge < -0.3 is 10.2 Å². The highest BCUT2D eigenvalue weighted by atomic mass is 16.2. The summed E-state index contributed by atoms with van der Waals surface area (Å²) in [6, 6.07) is 12.2. The molecule has 1 aromatic carbocycles. The highest BCUT2D eigenvalue weighted by Crippen LogP contribution is 2.23. The molecule has 0 atom stereocenters. The van der Waals surface area contributed by atoms with Gasteiger partial charge in [-0.05, 0) is 34.7 Å². The second kappa shape index (κ2) is 7.87. The standard InChI is InChI=1S/C21H28N4O/c1-21(2,3)18-6-8-19(9-7-18)23-20(26)25-13-11-24(12-14-25)16-17-5-4-10-22-15-17/h4-10,15H,11-14,16H2,1-3H3,(H,23,26). The topological polar surface area (TPSA) is 48.5 Å². The summed E-state index contributed by atoms with van der Waals surface area (Å²) in [7, 11) is 0. The minimum absolute atomic E-state index is 0.0189. The Morgan fingerprint density at radius 3 is 2.35 bits per heavy atom. The third kappa shape index (κ3) is 4.82. The maximum absolute atomic E-state index is 12.5. The minimum atomic E-state index is -0.0189. The molecule has 2 aromatic rings. The van der Waals surface area contributed by atoms with Crippen LogP contribution in [0.1, 0.15) is 31.9 Å². The van der Waals surface area contributed by atoms with E-state index in [1.807, 2.05) is 29.3 Å². The van der Waals surface area contributed by atoms with Gasteiger partial charge in [-0.1, -0.05) is 39.0 Å². The maximum Gasteiger partial charge on any atom is 0.321 e. The molecule has 2 amide bonds. The normalized spacial score (nSPS) is 15.7. The second-order valence-electron chi connectivity index (χ2n) is 7.88. The van der Waals surface area contributed by atoms with Crippen molar-refractivity contribution in [2.45, 2.75) is 32.7 Å². The number of urea groups is 1. The van der Waals surface area contributed by atoms with Crippen LogP contribution in [0.4, 0.5) is 10.5 Å². The molecule has 5 nitrogen and oxygen atoms in total. The molecule has 26 heavy (non-hydrogen) atoms. The van der Waals surface area contributed by atoms with Crippen molar-refractivity contribution in [3.05, 3.63) is 59.9 Å². The Balaban J connectivity index is 1.49. The highest BCUT2D eigenvalue weighted by Gasteiger charge is 2.21. The first-order valence-corrected chi connectivity index (χ1v) is 9.19. The van der Waals surface area contributed by atoms with E-state index in [9.17, 15) is 4.79 Å². The van der Waals surface area contributed by atoms with E-state index in [1.165, 1.54) is 11.1 Å². The van der Waals surface area contributed by atoms with Crippen molar-refractivity contribution in [3.8, 4) is 0 Å². The van der Waals surface area contributed by atoms with E-state index >= 15 is 0 Å². The molecule has 0 bridgehead atoms. The lowest BCUT2D eigenvalue weighted by Gasteiger charge is -2.34. The Hall–Kier alpha value is -2.40. The highest BCUT2D eigenvalue weighted by molar-refractivity contribution is 5.89. The van der Waals surface area contributed by atoms with Crippen LogP contribution in [0.5, 0.6) is 0 Å². The average molecular weight is 352 g/mol. The van der Waals surface area contributed by atoms with Crippen LogP contribution in [0.25, 0.3) is 0 Å². The van der Waals surface area contributed by atoms with Crippen LogP contribution in [0.2, 0.25) is 0 Å². The monoisotopic (exact) mass is 352 g/mol. The lowest BCUT2D eigenvalue weighted by atomic mass is 9.87. The number of anilines is 1. The van der Waals surface area contributed by atoms with Gasteiger partial charge in [-0.15, -0.1) is 0 Å². The summed E-state index contributed by atoms with van der Waals surface area (Å²) in [5, 5.41) is 3.01. The average Bonchev–Trinajstić information content (AvgIpc) is 2.63. The number of rotatable bonds is 3. The van der Waals surface area contributed by atoms with Gasteiger partial charge in [-0.2, -0.15) is 0 Å². The fourth-order valence-electron chi connectivity index (χ4n) is 3.12. The summed E-state index contributed by atoms with van der Waals surface area (Å²) in [6.45, 7) is 10.7. The van der Waals surface area contributed by atoms with Crippen molar-refractivity contribution in [1.29, 1.82) is 0 Å². The van der Waals surface area contributed by atoms with Crippen molar-refractivity contribution in [2.75, 3.05) is 31.5 Å². The lowest BCUT2D eigenvalue weighted by molar-refractivity contribution is 0.143. The fourth-order valence-corrected chi connectivity index (χ4v) is 3.12. The van der Waals surface area contributed by atoms with Gasteiger partial charge in [-0.3, -0.25) is 9.88 Å². The minimum Gasteiger partial charge on any atom is -0.322 e. The van der Waals surface area contributed by atoms with Crippen LogP contribution in [0.3, 0.4) is 0 Å². The molecule has 2 heterocycles. The summed E-state index contributed by atoms with van der Waals surface area (Å²) in [4.78, 5) is 20.9. The number of carbonyl (C=O) groups is 1. The van der Waals surface area contributed by atoms with Crippen LogP contribution in [0, 0.1) is 0 Å². The number of nitrogens with one attached hydrogen (secondary N) is 1. The third-order valence-electron chi connectivity index (χ3n) is 4.79. The number of nitrogens with zero attached hydrogens (tertiary/aromatic N) is 3. The zero-order valence-electron chi connectivity index (χ0n) is 15.9. The van der Waals surface area contributed by atoms with Crippen molar-refractivity contribution in [3.63, 3.8) is 0 Å². The molecule has 138 valence electrons. The quantitative estimate of drug-likeness (QED) is 0.916. The van der Waals surface area contributed by atoms with E-state index in [0.29, 0.717) is 0 Å². The molecular formula is C21H28N4O. The molecule has 5 heteroatoms. The van der Waals surface area contributed by atoms with E-state index in [-0.39, 0.29) is 11.4 Å². The molecule has 1 aliphatic heterocycles. The van der Waals surface area contributed by atoms with Crippen LogP contribution in [-0.4, -0.2) is 47.0 Å². The molecule has 1 aliphatic rings. The van der Waals surface area contributed by atoms with Gasteiger partial charge in [0.1, 0.15) is 0 Å². The molecule has 0 unspecified atom stereocenters. The molecule has 1 fully saturated rings. The summed E-state index contributed by atoms with van der Waals surface area (Å²) < 4.78 is 0. The number of aromatic nitrogens is 1. The Labute approximate surface area is 156 Å².